The van der Waals surface area contributed by atoms with Crippen molar-refractivity contribution in [2.45, 2.75) is 26.7 Å². The van der Waals surface area contributed by atoms with Gasteiger partial charge in [0.1, 0.15) is 5.76 Å². The molecule has 130 valence electrons. The van der Waals surface area contributed by atoms with E-state index in [1.165, 1.54) is 17.6 Å². The molecule has 24 heavy (non-hydrogen) atoms. The van der Waals surface area contributed by atoms with Crippen molar-refractivity contribution in [1.29, 1.82) is 0 Å². The fourth-order valence-corrected chi connectivity index (χ4v) is 2.75. The lowest BCUT2D eigenvalue weighted by Gasteiger charge is -2.05. The molecule has 0 bridgehead atoms. The number of nitrogens with one attached hydrogen (secondary N) is 3. The molecule has 2 heterocycles. The normalized spacial score (nSPS) is 10.6. The molecule has 0 aliphatic heterocycles. The zero-order chi connectivity index (χ0) is 17.4. The van der Waals surface area contributed by atoms with Gasteiger partial charge in [0.15, 0.2) is 5.13 Å². The van der Waals surface area contributed by atoms with Crippen LogP contribution in [-0.2, 0) is 11.2 Å². The summed E-state index contributed by atoms with van der Waals surface area (Å²) in [6.07, 6.45) is 2.74. The summed E-state index contributed by atoms with van der Waals surface area (Å²) in [7, 11) is 0. The molecule has 0 fully saturated rings. The molecule has 2 rings (SSSR count). The first-order valence-electron chi connectivity index (χ1n) is 7.87. The van der Waals surface area contributed by atoms with Crippen molar-refractivity contribution >= 4 is 28.3 Å². The maximum Gasteiger partial charge on any atom is 0.260 e. The first-order chi connectivity index (χ1) is 11.6. The number of thiazole rings is 1. The van der Waals surface area contributed by atoms with E-state index in [9.17, 15) is 9.59 Å². The van der Waals surface area contributed by atoms with Crippen molar-refractivity contribution in [1.82, 2.24) is 15.6 Å². The standard InChI is InChI=1S/C16H22N4O3S/c1-3-5-17-6-7-18-14(21)9-12-10-24-16(19-12)20-15(22)13-4-8-23-11(13)2/h4,8,10,17H,3,5-7,9H2,1-2H3,(H,18,21)(H,19,20,22). The van der Waals surface area contributed by atoms with Crippen molar-refractivity contribution < 1.29 is 14.0 Å². The highest BCUT2D eigenvalue weighted by Crippen LogP contribution is 2.18. The highest BCUT2D eigenvalue weighted by Gasteiger charge is 2.14. The average Bonchev–Trinajstić information content (AvgIpc) is 3.16. The highest BCUT2D eigenvalue weighted by molar-refractivity contribution is 7.14. The van der Waals surface area contributed by atoms with Crippen LogP contribution >= 0.6 is 11.3 Å². The van der Waals surface area contributed by atoms with Gasteiger partial charge in [-0.2, -0.15) is 0 Å². The first kappa shape index (κ1) is 18.2. The van der Waals surface area contributed by atoms with Gasteiger partial charge in [0.25, 0.3) is 5.91 Å². The minimum Gasteiger partial charge on any atom is -0.469 e. The minimum atomic E-state index is -0.270. The second kappa shape index (κ2) is 9.19. The van der Waals surface area contributed by atoms with Crippen LogP contribution in [0.25, 0.3) is 0 Å². The van der Waals surface area contributed by atoms with E-state index < -0.39 is 0 Å². The average molecular weight is 350 g/mol. The number of amides is 2. The van der Waals surface area contributed by atoms with Crippen LogP contribution in [-0.4, -0.2) is 36.4 Å². The Morgan fingerprint density at radius 2 is 2.12 bits per heavy atom. The predicted octanol–water partition coefficient (Wildman–Crippen LogP) is 1.96. The van der Waals surface area contributed by atoms with Gasteiger partial charge >= 0.3 is 0 Å². The molecular formula is C16H22N4O3S. The van der Waals surface area contributed by atoms with Gasteiger partial charge in [-0.05, 0) is 26.0 Å². The van der Waals surface area contributed by atoms with Gasteiger partial charge in [-0.15, -0.1) is 11.3 Å². The Morgan fingerprint density at radius 3 is 2.83 bits per heavy atom. The van der Waals surface area contributed by atoms with Gasteiger partial charge in [-0.1, -0.05) is 6.92 Å². The van der Waals surface area contributed by atoms with Crippen LogP contribution in [0.1, 0.15) is 35.2 Å². The molecule has 8 heteroatoms. The van der Waals surface area contributed by atoms with E-state index in [0.717, 1.165) is 19.5 Å². The van der Waals surface area contributed by atoms with Gasteiger partial charge < -0.3 is 15.1 Å². The number of anilines is 1. The maximum atomic E-state index is 12.1. The number of carbonyl (C=O) groups is 2. The molecule has 0 saturated heterocycles. The van der Waals surface area contributed by atoms with Crippen LogP contribution in [0.3, 0.4) is 0 Å². The van der Waals surface area contributed by atoms with Gasteiger partial charge in [0.2, 0.25) is 5.91 Å². The number of hydrogen-bond donors (Lipinski definition) is 3. The van der Waals surface area contributed by atoms with E-state index >= 15 is 0 Å². The van der Waals surface area contributed by atoms with Crippen molar-refractivity contribution in [2.24, 2.45) is 0 Å². The Hall–Kier alpha value is -2.19. The van der Waals surface area contributed by atoms with Gasteiger partial charge in [-0.25, -0.2) is 4.98 Å². The van der Waals surface area contributed by atoms with Crippen molar-refractivity contribution in [2.75, 3.05) is 25.0 Å². The van der Waals surface area contributed by atoms with E-state index in [1.54, 1.807) is 18.4 Å². The smallest absolute Gasteiger partial charge is 0.260 e. The van der Waals surface area contributed by atoms with Crippen molar-refractivity contribution in [3.05, 3.63) is 34.7 Å². The summed E-state index contributed by atoms with van der Waals surface area (Å²) in [6, 6.07) is 1.61. The molecule has 0 radical (unpaired) electrons. The zero-order valence-corrected chi connectivity index (χ0v) is 14.7. The Kier molecular flexibility index (Phi) is 6.95. The van der Waals surface area contributed by atoms with Crippen LogP contribution in [0.5, 0.6) is 0 Å². The molecule has 2 amide bonds. The van der Waals surface area contributed by atoms with Crippen molar-refractivity contribution in [3.63, 3.8) is 0 Å². The summed E-state index contributed by atoms with van der Waals surface area (Å²) in [6.45, 7) is 6.11. The third kappa shape index (κ3) is 5.47. The summed E-state index contributed by atoms with van der Waals surface area (Å²) in [5.41, 5.74) is 1.11. The second-order valence-electron chi connectivity index (χ2n) is 5.27. The zero-order valence-electron chi connectivity index (χ0n) is 13.8. The van der Waals surface area contributed by atoms with Crippen LogP contribution in [0, 0.1) is 6.92 Å². The minimum absolute atomic E-state index is 0.0813. The fraction of sp³-hybridized carbons (Fsp3) is 0.438. The van der Waals surface area contributed by atoms with Crippen LogP contribution < -0.4 is 16.0 Å². The number of aryl methyl sites for hydroxylation is 1. The molecule has 0 atom stereocenters. The summed E-state index contributed by atoms with van der Waals surface area (Å²) >= 11 is 1.29. The molecule has 0 saturated carbocycles. The molecule has 0 aliphatic carbocycles. The monoisotopic (exact) mass is 350 g/mol. The maximum absolute atomic E-state index is 12.1. The lowest BCUT2D eigenvalue weighted by Crippen LogP contribution is -2.33. The molecule has 3 N–H and O–H groups in total. The number of hydrogen-bond acceptors (Lipinski definition) is 6. The highest BCUT2D eigenvalue weighted by atomic mass is 32.1. The number of carbonyl (C=O) groups excluding carboxylic acids is 2. The summed E-state index contributed by atoms with van der Waals surface area (Å²) < 4.78 is 5.11. The molecular weight excluding hydrogens is 328 g/mol. The lowest BCUT2D eigenvalue weighted by atomic mass is 10.2. The van der Waals surface area contributed by atoms with Crippen molar-refractivity contribution in [3.8, 4) is 0 Å². The number of aromatic nitrogens is 1. The Morgan fingerprint density at radius 1 is 1.29 bits per heavy atom. The molecule has 2 aromatic heterocycles. The summed E-state index contributed by atoms with van der Waals surface area (Å²) in [5.74, 6) is 0.205. The quantitative estimate of drug-likeness (QED) is 0.601. The van der Waals surface area contributed by atoms with Crippen LogP contribution in [0.2, 0.25) is 0 Å². The molecule has 0 aliphatic rings. The molecule has 0 aromatic carbocycles. The molecule has 7 nitrogen and oxygen atoms in total. The van der Waals surface area contributed by atoms with E-state index in [4.69, 9.17) is 4.42 Å². The largest absolute Gasteiger partial charge is 0.469 e. The van der Waals surface area contributed by atoms with E-state index in [1.807, 2.05) is 0 Å². The molecule has 0 spiro atoms. The molecule has 0 unspecified atom stereocenters. The number of rotatable bonds is 9. The van der Waals surface area contributed by atoms with Gasteiger partial charge in [-0.3, -0.25) is 14.9 Å². The summed E-state index contributed by atoms with van der Waals surface area (Å²) in [4.78, 5) is 28.2. The Bertz CT molecular complexity index is 680. The number of furan rings is 1. The molecule has 2 aromatic rings. The van der Waals surface area contributed by atoms with E-state index in [2.05, 4.69) is 27.9 Å². The first-order valence-corrected chi connectivity index (χ1v) is 8.75. The predicted molar refractivity (Wildman–Crippen MR) is 93.4 cm³/mol. The van der Waals surface area contributed by atoms with Crippen LogP contribution in [0.4, 0.5) is 5.13 Å². The van der Waals surface area contributed by atoms with Gasteiger partial charge in [0.05, 0.1) is 23.9 Å². The Labute approximate surface area is 144 Å². The lowest BCUT2D eigenvalue weighted by molar-refractivity contribution is -0.120. The van der Waals surface area contributed by atoms with E-state index in [-0.39, 0.29) is 18.2 Å². The Balaban J connectivity index is 1.77. The topological polar surface area (TPSA) is 96.3 Å². The second-order valence-corrected chi connectivity index (χ2v) is 6.12. The van der Waals surface area contributed by atoms with Gasteiger partial charge in [0, 0.05) is 18.5 Å². The summed E-state index contributed by atoms with van der Waals surface area (Å²) in [5, 5.41) is 11.0. The third-order valence-corrected chi connectivity index (χ3v) is 4.07. The van der Waals surface area contributed by atoms with Crippen LogP contribution in [0.15, 0.2) is 22.1 Å². The number of nitrogens with zero attached hydrogens (tertiary/aromatic N) is 1. The third-order valence-electron chi connectivity index (χ3n) is 3.27. The fourth-order valence-electron chi connectivity index (χ4n) is 2.05. The SMILES string of the molecule is CCCNCCNC(=O)Cc1csc(NC(=O)c2ccoc2C)n1. The van der Waals surface area contributed by atoms with E-state index in [0.29, 0.717) is 28.7 Å².